The number of nitrogens with one attached hydrogen (secondary N) is 2. The van der Waals surface area contributed by atoms with E-state index >= 15 is 0 Å². The monoisotopic (exact) mass is 549 g/mol. The number of benzene rings is 1. The number of rotatable bonds is 8. The molecular weight excluding hydrogens is 514 g/mol. The van der Waals surface area contributed by atoms with Crippen LogP contribution in [0.25, 0.3) is 33.6 Å². The van der Waals surface area contributed by atoms with Gasteiger partial charge in [-0.05, 0) is 30.9 Å². The molecule has 0 unspecified atom stereocenters. The van der Waals surface area contributed by atoms with Crippen LogP contribution in [0.1, 0.15) is 18.2 Å². The third-order valence-corrected chi connectivity index (χ3v) is 8.04. The van der Waals surface area contributed by atoms with Gasteiger partial charge in [-0.15, -0.1) is 0 Å². The summed E-state index contributed by atoms with van der Waals surface area (Å²) < 4.78 is 5.92. The van der Waals surface area contributed by atoms with Gasteiger partial charge < -0.3 is 10.6 Å². The minimum atomic E-state index is 0.539. The number of aromatic nitrogens is 8. The molecule has 4 aromatic heterocycles. The normalized spacial score (nSPS) is 15.1. The molecule has 41 heavy (non-hydrogen) atoms. The van der Waals surface area contributed by atoms with E-state index in [1.165, 1.54) is 0 Å². The molecule has 1 aliphatic carbocycles. The molecular formula is C30H35N11. The van der Waals surface area contributed by atoms with Crippen LogP contribution in [0.15, 0.2) is 55.1 Å². The third kappa shape index (κ3) is 5.14. The van der Waals surface area contributed by atoms with Crippen LogP contribution in [-0.4, -0.2) is 76.9 Å². The minimum Gasteiger partial charge on any atom is -0.314 e. The number of hydrogen-bond acceptors (Lipinski definition) is 8. The summed E-state index contributed by atoms with van der Waals surface area (Å²) in [5.74, 6) is 1.27. The zero-order chi connectivity index (χ0) is 27.8. The topological polar surface area (TPSA) is 107 Å². The highest BCUT2D eigenvalue weighted by atomic mass is 15.3. The molecule has 0 radical (unpaired) electrons. The lowest BCUT2D eigenvalue weighted by Crippen LogP contribution is -2.44. The summed E-state index contributed by atoms with van der Waals surface area (Å²) in [6.45, 7) is 9.14. The summed E-state index contributed by atoms with van der Waals surface area (Å²) in [6.07, 6.45) is 9.74. The van der Waals surface area contributed by atoms with Crippen LogP contribution < -0.4 is 10.6 Å². The Bertz CT molecular complexity index is 1650. The highest BCUT2D eigenvalue weighted by Gasteiger charge is 2.27. The van der Waals surface area contributed by atoms with E-state index in [4.69, 9.17) is 10.1 Å². The van der Waals surface area contributed by atoms with E-state index in [9.17, 15) is 0 Å². The number of nitrogens with zero attached hydrogens (tertiary/aromatic N) is 9. The number of fused-ring (bicyclic) bond motifs is 3. The maximum Gasteiger partial charge on any atom is 0.228 e. The van der Waals surface area contributed by atoms with Crippen LogP contribution in [0.3, 0.4) is 0 Å². The van der Waals surface area contributed by atoms with Crippen molar-refractivity contribution in [2.24, 2.45) is 7.05 Å². The summed E-state index contributed by atoms with van der Waals surface area (Å²) in [7, 11) is 2.02. The van der Waals surface area contributed by atoms with Crippen molar-refractivity contribution >= 4 is 11.8 Å². The Kier molecular flexibility index (Phi) is 6.81. The lowest BCUT2D eigenvalue weighted by molar-refractivity contribution is 0.229. The molecule has 11 heteroatoms. The first-order valence-electron chi connectivity index (χ1n) is 14.4. The Morgan fingerprint density at radius 1 is 0.902 bits per heavy atom. The molecule has 210 valence electrons. The van der Waals surface area contributed by atoms with E-state index in [0.29, 0.717) is 5.95 Å². The summed E-state index contributed by atoms with van der Waals surface area (Å²) >= 11 is 0. The molecule has 1 aliphatic heterocycles. The van der Waals surface area contributed by atoms with Crippen molar-refractivity contribution in [3.8, 4) is 33.6 Å². The minimum absolute atomic E-state index is 0.539. The van der Waals surface area contributed by atoms with Crippen molar-refractivity contribution in [1.29, 1.82) is 0 Å². The van der Waals surface area contributed by atoms with Gasteiger partial charge >= 0.3 is 0 Å². The van der Waals surface area contributed by atoms with E-state index < -0.39 is 0 Å². The molecule has 0 amide bonds. The van der Waals surface area contributed by atoms with Crippen LogP contribution in [0, 0.1) is 0 Å². The summed E-state index contributed by atoms with van der Waals surface area (Å²) in [5, 5.41) is 20.7. The molecule has 1 saturated heterocycles. The SMILES string of the molecule is CCn1ccc(Nc2ncc3c(n2)-c2c(nn(C)c2-c2ccc(-c4cnn(CCN5CCNCC5)c4)cc2)CC3)n1. The second-order valence-corrected chi connectivity index (χ2v) is 10.7. The molecule has 0 bridgehead atoms. The average molecular weight is 550 g/mol. The van der Waals surface area contributed by atoms with Crippen molar-refractivity contribution in [2.45, 2.75) is 32.9 Å². The Balaban J connectivity index is 1.13. The van der Waals surface area contributed by atoms with Gasteiger partial charge in [0.05, 0.1) is 29.8 Å². The predicted molar refractivity (Wildman–Crippen MR) is 159 cm³/mol. The van der Waals surface area contributed by atoms with Crippen molar-refractivity contribution < 1.29 is 0 Å². The zero-order valence-electron chi connectivity index (χ0n) is 23.6. The lowest BCUT2D eigenvalue weighted by atomic mass is 9.91. The Hall–Kier alpha value is -4.35. The highest BCUT2D eigenvalue weighted by Crippen LogP contribution is 2.40. The van der Waals surface area contributed by atoms with E-state index in [1.807, 2.05) is 41.1 Å². The molecule has 5 heterocycles. The largest absolute Gasteiger partial charge is 0.314 e. The Morgan fingerprint density at radius 2 is 1.73 bits per heavy atom. The van der Waals surface area contributed by atoms with Crippen molar-refractivity contribution in [2.75, 3.05) is 38.0 Å². The smallest absolute Gasteiger partial charge is 0.228 e. The van der Waals surface area contributed by atoms with Gasteiger partial charge in [0, 0.05) is 87.7 Å². The molecule has 7 rings (SSSR count). The molecule has 2 N–H and O–H groups in total. The van der Waals surface area contributed by atoms with Crippen LogP contribution >= 0.6 is 0 Å². The maximum absolute atomic E-state index is 4.96. The number of aryl methyl sites for hydroxylation is 4. The molecule has 2 aliphatic rings. The fourth-order valence-corrected chi connectivity index (χ4v) is 5.81. The van der Waals surface area contributed by atoms with Gasteiger partial charge in [-0.2, -0.15) is 15.3 Å². The summed E-state index contributed by atoms with van der Waals surface area (Å²) in [6, 6.07) is 10.6. The maximum atomic E-state index is 4.96. The average Bonchev–Trinajstić information content (AvgIpc) is 3.75. The number of hydrogen-bond donors (Lipinski definition) is 2. The van der Waals surface area contributed by atoms with E-state index in [-0.39, 0.29) is 0 Å². The molecule has 0 atom stereocenters. The first-order chi connectivity index (χ1) is 20.1. The van der Waals surface area contributed by atoms with E-state index in [1.54, 1.807) is 0 Å². The first kappa shape index (κ1) is 25.6. The molecule has 1 fully saturated rings. The van der Waals surface area contributed by atoms with Gasteiger partial charge in [0.2, 0.25) is 5.95 Å². The number of anilines is 2. The molecule has 11 nitrogen and oxygen atoms in total. The second kappa shape index (κ2) is 10.9. The Labute approximate surface area is 239 Å². The molecule has 5 aromatic rings. The fourth-order valence-electron chi connectivity index (χ4n) is 5.81. The van der Waals surface area contributed by atoms with Gasteiger partial charge in [0.1, 0.15) is 0 Å². The van der Waals surface area contributed by atoms with Crippen molar-refractivity contribution in [3.63, 3.8) is 0 Å². The Morgan fingerprint density at radius 3 is 2.54 bits per heavy atom. The molecule has 0 spiro atoms. The third-order valence-electron chi connectivity index (χ3n) is 8.04. The van der Waals surface area contributed by atoms with Gasteiger partial charge in [-0.1, -0.05) is 24.3 Å². The fraction of sp³-hybridized carbons (Fsp3) is 0.367. The van der Waals surface area contributed by atoms with E-state index in [0.717, 1.165) is 109 Å². The lowest BCUT2D eigenvalue weighted by Gasteiger charge is -2.26. The standard InChI is InChI=1S/C30H35N11/c1-3-40-13-10-26(37-40)34-30-32-18-23-8-9-25-27(28(23)35-30)29(38(2)36-25)22-6-4-21(5-7-22)24-19-33-41(20-24)17-16-39-14-11-31-12-15-39/h4-7,10,13,18-20,31H,3,8-9,11-12,14-17H2,1-2H3,(H,32,34,35,37). The zero-order valence-corrected chi connectivity index (χ0v) is 23.6. The molecule has 0 saturated carbocycles. The summed E-state index contributed by atoms with van der Waals surface area (Å²) in [5.41, 5.74) is 8.70. The van der Waals surface area contributed by atoms with Gasteiger partial charge in [0.15, 0.2) is 5.82 Å². The predicted octanol–water partition coefficient (Wildman–Crippen LogP) is 3.37. The van der Waals surface area contributed by atoms with Crippen LogP contribution in [0.2, 0.25) is 0 Å². The highest BCUT2D eigenvalue weighted by molar-refractivity contribution is 5.85. The van der Waals surface area contributed by atoms with Gasteiger partial charge in [-0.3, -0.25) is 18.9 Å². The first-order valence-corrected chi connectivity index (χ1v) is 14.4. The van der Waals surface area contributed by atoms with Crippen LogP contribution in [0.4, 0.5) is 11.8 Å². The van der Waals surface area contributed by atoms with Gasteiger partial charge in [0.25, 0.3) is 0 Å². The summed E-state index contributed by atoms with van der Waals surface area (Å²) in [4.78, 5) is 12.0. The van der Waals surface area contributed by atoms with Crippen molar-refractivity contribution in [1.82, 2.24) is 49.5 Å². The quantitative estimate of drug-likeness (QED) is 0.304. The van der Waals surface area contributed by atoms with E-state index in [2.05, 4.69) is 72.8 Å². The van der Waals surface area contributed by atoms with Crippen LogP contribution in [-0.2, 0) is 33.0 Å². The van der Waals surface area contributed by atoms with Gasteiger partial charge in [-0.25, -0.2) is 9.97 Å². The second-order valence-electron chi connectivity index (χ2n) is 10.7. The molecule has 1 aromatic carbocycles. The van der Waals surface area contributed by atoms with Crippen LogP contribution in [0.5, 0.6) is 0 Å². The van der Waals surface area contributed by atoms with Crippen molar-refractivity contribution in [3.05, 3.63) is 66.4 Å². The number of piperazine rings is 1.